The maximum absolute atomic E-state index is 14.2. The standard InChI is InChI=1S/C36H26N2O6/c1-18-15-28(40)26-17-25-23(30(32(26)33(18)41)20-5-4-6-22(39)16-20)13-14-24-31(25)36(43)38(35(24)42)21-11-9-19(10-12-21)34-37-27-7-2-3-8-29(27)44-34/h2-13,15-16,24-25,30-31,39H,14,17H2,1H3. The Labute approximate surface area is 252 Å². The highest BCUT2D eigenvalue weighted by molar-refractivity contribution is 6.25. The van der Waals surface area contributed by atoms with Gasteiger partial charge < -0.3 is 9.52 Å². The first-order chi connectivity index (χ1) is 21.3. The van der Waals surface area contributed by atoms with Crippen molar-refractivity contribution in [3.05, 3.63) is 113 Å². The average Bonchev–Trinajstić information content (AvgIpc) is 3.57. The van der Waals surface area contributed by atoms with Gasteiger partial charge >= 0.3 is 0 Å². The van der Waals surface area contributed by atoms with E-state index >= 15 is 0 Å². The molecule has 4 unspecified atom stereocenters. The summed E-state index contributed by atoms with van der Waals surface area (Å²) in [5.74, 6) is -2.84. The van der Waals surface area contributed by atoms with Gasteiger partial charge in [0.25, 0.3) is 0 Å². The van der Waals surface area contributed by atoms with E-state index in [1.165, 1.54) is 11.0 Å². The number of amides is 2. The third kappa shape index (κ3) is 3.80. The van der Waals surface area contributed by atoms with Crippen LogP contribution in [0.2, 0.25) is 0 Å². The molecule has 2 amide bonds. The van der Waals surface area contributed by atoms with Crippen molar-refractivity contribution in [2.45, 2.75) is 25.7 Å². The number of phenolic OH excluding ortho intramolecular Hbond substituents is 1. The van der Waals surface area contributed by atoms with Crippen molar-refractivity contribution in [1.29, 1.82) is 0 Å². The number of carbonyl (C=O) groups excluding carboxylic acids is 4. The second-order valence-electron chi connectivity index (χ2n) is 11.9. The number of oxazole rings is 1. The van der Waals surface area contributed by atoms with Gasteiger partial charge in [-0.2, -0.15) is 0 Å². The molecular formula is C36H26N2O6. The van der Waals surface area contributed by atoms with E-state index in [0.29, 0.717) is 45.9 Å². The SMILES string of the molecule is CC1=CC(=O)C2=C(C1=O)C(c1cccc(O)c1)C1=CCC3C(=O)N(c4ccc(-c5nc6ccccc6o5)cc4)C(=O)C3C1C2. The van der Waals surface area contributed by atoms with Gasteiger partial charge in [0.05, 0.1) is 17.5 Å². The molecule has 1 aliphatic heterocycles. The maximum atomic E-state index is 14.2. The molecule has 0 radical (unpaired) electrons. The lowest BCUT2D eigenvalue weighted by molar-refractivity contribution is -0.123. The van der Waals surface area contributed by atoms with Crippen LogP contribution in [0.25, 0.3) is 22.6 Å². The molecule has 4 aliphatic rings. The fourth-order valence-corrected chi connectivity index (χ4v) is 7.45. The van der Waals surface area contributed by atoms with E-state index in [1.807, 2.05) is 36.4 Å². The summed E-state index contributed by atoms with van der Waals surface area (Å²) < 4.78 is 5.88. The number of phenols is 1. The Kier molecular flexibility index (Phi) is 5.71. The van der Waals surface area contributed by atoms with Gasteiger partial charge in [0.1, 0.15) is 11.3 Å². The van der Waals surface area contributed by atoms with Gasteiger partial charge in [0.15, 0.2) is 17.1 Å². The highest BCUT2D eigenvalue weighted by Crippen LogP contribution is 2.55. The molecule has 8 heteroatoms. The molecule has 4 atom stereocenters. The minimum atomic E-state index is -0.678. The number of hydrogen-bond acceptors (Lipinski definition) is 7. The fourth-order valence-electron chi connectivity index (χ4n) is 7.45. The van der Waals surface area contributed by atoms with E-state index in [1.54, 1.807) is 49.4 Å². The van der Waals surface area contributed by atoms with E-state index < -0.39 is 23.7 Å². The molecule has 8 rings (SSSR count). The van der Waals surface area contributed by atoms with Crippen molar-refractivity contribution < 1.29 is 28.7 Å². The summed E-state index contributed by atoms with van der Waals surface area (Å²) in [5, 5.41) is 10.3. The molecule has 2 heterocycles. The highest BCUT2D eigenvalue weighted by Gasteiger charge is 2.56. The number of fused-ring (bicyclic) bond motifs is 4. The molecule has 8 nitrogen and oxygen atoms in total. The molecule has 1 N–H and O–H groups in total. The number of imide groups is 1. The smallest absolute Gasteiger partial charge is 0.238 e. The minimum Gasteiger partial charge on any atom is -0.508 e. The number of hydrogen-bond donors (Lipinski definition) is 1. The van der Waals surface area contributed by atoms with Crippen LogP contribution in [0.5, 0.6) is 5.75 Å². The molecule has 1 aromatic heterocycles. The molecular weight excluding hydrogens is 556 g/mol. The fraction of sp³-hybridized carbons (Fsp3) is 0.194. The predicted molar refractivity (Wildman–Crippen MR) is 161 cm³/mol. The summed E-state index contributed by atoms with van der Waals surface area (Å²) in [6, 6.07) is 21.2. The third-order valence-corrected chi connectivity index (χ3v) is 9.43. The first-order valence-electron chi connectivity index (χ1n) is 14.6. The van der Waals surface area contributed by atoms with Crippen LogP contribution in [0.3, 0.4) is 0 Å². The Morgan fingerprint density at radius 2 is 1.70 bits per heavy atom. The summed E-state index contributed by atoms with van der Waals surface area (Å²) in [6.07, 6.45) is 3.88. The summed E-state index contributed by atoms with van der Waals surface area (Å²) in [5.41, 5.74) is 5.26. The van der Waals surface area contributed by atoms with Crippen molar-refractivity contribution >= 4 is 40.2 Å². The average molecular weight is 583 g/mol. The van der Waals surface area contributed by atoms with Crippen molar-refractivity contribution in [3.63, 3.8) is 0 Å². The molecule has 1 saturated heterocycles. The maximum Gasteiger partial charge on any atom is 0.238 e. The zero-order valence-electron chi connectivity index (χ0n) is 23.7. The monoisotopic (exact) mass is 582 g/mol. The molecule has 216 valence electrons. The lowest BCUT2D eigenvalue weighted by Crippen LogP contribution is -2.39. The number of Topliss-reactive ketones (excluding diaryl/α,β-unsaturated/α-hetero) is 1. The summed E-state index contributed by atoms with van der Waals surface area (Å²) in [7, 11) is 0. The number of carbonyl (C=O) groups is 4. The summed E-state index contributed by atoms with van der Waals surface area (Å²) >= 11 is 0. The number of para-hydroxylation sites is 2. The van der Waals surface area contributed by atoms with Gasteiger partial charge in [-0.1, -0.05) is 35.9 Å². The molecule has 4 aromatic rings. The van der Waals surface area contributed by atoms with Crippen LogP contribution >= 0.6 is 0 Å². The number of anilines is 1. The zero-order chi connectivity index (χ0) is 30.3. The largest absolute Gasteiger partial charge is 0.508 e. The molecule has 1 fully saturated rings. The van der Waals surface area contributed by atoms with E-state index in [2.05, 4.69) is 4.98 Å². The molecule has 3 aromatic carbocycles. The molecule has 3 aliphatic carbocycles. The highest BCUT2D eigenvalue weighted by atomic mass is 16.3. The third-order valence-electron chi connectivity index (χ3n) is 9.43. The summed E-state index contributed by atoms with van der Waals surface area (Å²) in [4.78, 5) is 60.6. The molecule has 0 bridgehead atoms. The van der Waals surface area contributed by atoms with Gasteiger partial charge in [-0.25, -0.2) is 4.98 Å². The second-order valence-corrected chi connectivity index (χ2v) is 11.9. The van der Waals surface area contributed by atoms with Crippen molar-refractivity contribution in [3.8, 4) is 17.2 Å². The van der Waals surface area contributed by atoms with E-state index in [0.717, 1.165) is 16.7 Å². The Hall–Kier alpha value is -5.37. The molecule has 0 saturated carbocycles. The number of aromatic nitrogens is 1. The normalized spacial score (nSPS) is 24.7. The van der Waals surface area contributed by atoms with Crippen molar-refractivity contribution in [2.75, 3.05) is 4.90 Å². The van der Waals surface area contributed by atoms with Gasteiger partial charge in [0, 0.05) is 28.2 Å². The lowest BCUT2D eigenvalue weighted by atomic mass is 9.59. The Morgan fingerprint density at radius 1 is 0.909 bits per heavy atom. The first kappa shape index (κ1) is 26.3. The number of rotatable bonds is 3. The Morgan fingerprint density at radius 3 is 2.48 bits per heavy atom. The van der Waals surface area contributed by atoms with Crippen molar-refractivity contribution in [1.82, 2.24) is 4.98 Å². The van der Waals surface area contributed by atoms with Gasteiger partial charge in [0.2, 0.25) is 17.7 Å². The van der Waals surface area contributed by atoms with E-state index in [4.69, 9.17) is 4.42 Å². The number of nitrogens with zero attached hydrogens (tertiary/aromatic N) is 2. The molecule has 0 spiro atoms. The van der Waals surface area contributed by atoms with Crippen LogP contribution in [0, 0.1) is 17.8 Å². The minimum absolute atomic E-state index is 0.0440. The zero-order valence-corrected chi connectivity index (χ0v) is 23.7. The number of allylic oxidation sites excluding steroid dienone is 6. The number of ketones is 2. The van der Waals surface area contributed by atoms with Gasteiger partial charge in [-0.05, 0) is 85.9 Å². The van der Waals surface area contributed by atoms with Crippen LogP contribution in [0.15, 0.2) is 112 Å². The quantitative estimate of drug-likeness (QED) is 0.183. The summed E-state index contributed by atoms with van der Waals surface area (Å²) in [6.45, 7) is 1.63. The Balaban J connectivity index is 1.16. The topological polar surface area (TPSA) is 118 Å². The number of benzene rings is 3. The van der Waals surface area contributed by atoms with Crippen molar-refractivity contribution in [2.24, 2.45) is 17.8 Å². The van der Waals surface area contributed by atoms with Crippen LogP contribution in [0.4, 0.5) is 5.69 Å². The van der Waals surface area contributed by atoms with Crippen LogP contribution in [0.1, 0.15) is 31.2 Å². The lowest BCUT2D eigenvalue weighted by Gasteiger charge is -2.42. The van der Waals surface area contributed by atoms with Gasteiger partial charge in [-0.3, -0.25) is 24.1 Å². The molecule has 44 heavy (non-hydrogen) atoms. The first-order valence-corrected chi connectivity index (χ1v) is 14.6. The Bertz CT molecular complexity index is 2010. The second kappa shape index (κ2) is 9.57. The van der Waals surface area contributed by atoms with Crippen LogP contribution in [-0.4, -0.2) is 33.5 Å². The van der Waals surface area contributed by atoms with Gasteiger partial charge in [-0.15, -0.1) is 0 Å². The van der Waals surface area contributed by atoms with E-state index in [9.17, 15) is 24.3 Å². The van der Waals surface area contributed by atoms with Crippen LogP contribution in [-0.2, 0) is 19.2 Å². The van der Waals surface area contributed by atoms with E-state index in [-0.39, 0.29) is 35.6 Å². The van der Waals surface area contributed by atoms with Crippen LogP contribution < -0.4 is 4.90 Å². The number of aromatic hydroxyl groups is 1. The predicted octanol–water partition coefficient (Wildman–Crippen LogP) is 5.83.